The van der Waals surface area contributed by atoms with Crippen LogP contribution in [0.25, 0.3) is 0 Å². The van der Waals surface area contributed by atoms with E-state index in [2.05, 4.69) is 5.32 Å². The number of aliphatic carboxylic acids is 1. The largest absolute Gasteiger partial charge is 0.480 e. The Balaban J connectivity index is 2.70. The van der Waals surface area contributed by atoms with Crippen LogP contribution in [0.4, 0.5) is 4.79 Å². The monoisotopic (exact) mass is 200 g/mol. The van der Waals surface area contributed by atoms with Crippen molar-refractivity contribution >= 4 is 12.0 Å². The fourth-order valence-electron chi connectivity index (χ4n) is 1.69. The molecule has 0 aromatic rings. The van der Waals surface area contributed by atoms with E-state index in [-0.39, 0.29) is 6.03 Å². The number of urea groups is 1. The van der Waals surface area contributed by atoms with Gasteiger partial charge in [-0.3, -0.25) is 0 Å². The second-order valence-corrected chi connectivity index (χ2v) is 3.92. The van der Waals surface area contributed by atoms with Crippen LogP contribution in [0.5, 0.6) is 0 Å². The molecule has 2 N–H and O–H groups in total. The van der Waals surface area contributed by atoms with Crippen LogP contribution in [-0.4, -0.2) is 41.6 Å². The molecular formula is C9H16N2O3. The zero-order valence-corrected chi connectivity index (χ0v) is 8.54. The maximum absolute atomic E-state index is 11.4. The summed E-state index contributed by atoms with van der Waals surface area (Å²) in [7, 11) is 3.19. The fraction of sp³-hybridized carbons (Fsp3) is 0.778. The summed E-state index contributed by atoms with van der Waals surface area (Å²) in [4.78, 5) is 23.8. The van der Waals surface area contributed by atoms with Crippen molar-refractivity contribution in [3.63, 3.8) is 0 Å². The third-order valence-electron chi connectivity index (χ3n) is 2.62. The molecule has 0 aliphatic heterocycles. The first-order valence-corrected chi connectivity index (χ1v) is 4.71. The second-order valence-electron chi connectivity index (χ2n) is 3.92. The highest BCUT2D eigenvalue weighted by atomic mass is 16.4. The number of carbonyl (C=O) groups is 2. The highest BCUT2D eigenvalue weighted by molar-refractivity contribution is 5.86. The quantitative estimate of drug-likeness (QED) is 0.687. The number of carbonyl (C=O) groups excluding carboxylic acids is 1. The van der Waals surface area contributed by atoms with Gasteiger partial charge in [0.25, 0.3) is 0 Å². The van der Waals surface area contributed by atoms with Gasteiger partial charge in [-0.25, -0.2) is 9.59 Å². The Bertz CT molecular complexity index is 244. The predicted octanol–water partition coefficient (Wildman–Crippen LogP) is 0.655. The van der Waals surface area contributed by atoms with E-state index in [1.165, 1.54) is 4.90 Å². The molecule has 1 rings (SSSR count). The number of rotatable bonds is 2. The van der Waals surface area contributed by atoms with Crippen molar-refractivity contribution in [2.24, 2.45) is 0 Å². The van der Waals surface area contributed by atoms with Gasteiger partial charge in [-0.15, -0.1) is 0 Å². The molecule has 1 aliphatic carbocycles. The first-order valence-electron chi connectivity index (χ1n) is 4.71. The van der Waals surface area contributed by atoms with Gasteiger partial charge in [-0.2, -0.15) is 0 Å². The summed E-state index contributed by atoms with van der Waals surface area (Å²) >= 11 is 0. The minimum absolute atomic E-state index is 0.339. The molecule has 1 aliphatic rings. The van der Waals surface area contributed by atoms with Crippen LogP contribution in [0.2, 0.25) is 0 Å². The lowest BCUT2D eigenvalue weighted by molar-refractivity contribution is -0.144. The highest BCUT2D eigenvalue weighted by Gasteiger charge is 2.42. The van der Waals surface area contributed by atoms with Crippen molar-refractivity contribution in [1.29, 1.82) is 0 Å². The summed E-state index contributed by atoms with van der Waals surface area (Å²) in [5.74, 6) is -0.926. The van der Waals surface area contributed by atoms with Gasteiger partial charge in [0.2, 0.25) is 0 Å². The number of hydrogen-bond donors (Lipinski definition) is 2. The third-order valence-corrected chi connectivity index (χ3v) is 2.62. The van der Waals surface area contributed by atoms with Crippen LogP contribution in [0.1, 0.15) is 25.7 Å². The summed E-state index contributed by atoms with van der Waals surface area (Å²) < 4.78 is 0. The standard InChI is InChI=1S/C9H16N2O3/c1-11(2)8(14)10-9(7(12)13)5-3-4-6-9/h3-6H2,1-2H3,(H,10,14)(H,12,13). The van der Waals surface area contributed by atoms with E-state index in [1.807, 2.05) is 0 Å². The average Bonchev–Trinajstić information content (AvgIpc) is 2.53. The molecular weight excluding hydrogens is 184 g/mol. The zero-order chi connectivity index (χ0) is 10.8. The van der Waals surface area contributed by atoms with Crippen molar-refractivity contribution in [3.8, 4) is 0 Å². The molecule has 0 spiro atoms. The maximum atomic E-state index is 11.4. The predicted molar refractivity (Wildman–Crippen MR) is 51.1 cm³/mol. The molecule has 0 heterocycles. The van der Waals surface area contributed by atoms with Crippen LogP contribution in [0.3, 0.4) is 0 Å². The van der Waals surface area contributed by atoms with Gasteiger partial charge in [0.1, 0.15) is 5.54 Å². The highest BCUT2D eigenvalue weighted by Crippen LogP contribution is 2.29. The van der Waals surface area contributed by atoms with Crippen LogP contribution in [0.15, 0.2) is 0 Å². The summed E-state index contributed by atoms with van der Waals surface area (Å²) in [6.07, 6.45) is 2.78. The van der Waals surface area contributed by atoms with Gasteiger partial charge in [-0.05, 0) is 12.8 Å². The van der Waals surface area contributed by atoms with E-state index in [9.17, 15) is 9.59 Å². The van der Waals surface area contributed by atoms with E-state index in [1.54, 1.807) is 14.1 Å². The summed E-state index contributed by atoms with van der Waals surface area (Å²) in [5, 5.41) is 11.6. The van der Waals surface area contributed by atoms with Crippen LogP contribution < -0.4 is 5.32 Å². The molecule has 0 aromatic carbocycles. The molecule has 0 aromatic heterocycles. The van der Waals surface area contributed by atoms with Crippen molar-refractivity contribution in [2.45, 2.75) is 31.2 Å². The summed E-state index contributed by atoms with van der Waals surface area (Å²) in [5.41, 5.74) is -1.03. The lowest BCUT2D eigenvalue weighted by atomic mass is 9.98. The molecule has 80 valence electrons. The smallest absolute Gasteiger partial charge is 0.329 e. The van der Waals surface area contributed by atoms with Gasteiger partial charge in [0, 0.05) is 14.1 Å². The fourth-order valence-corrected chi connectivity index (χ4v) is 1.69. The number of nitrogens with zero attached hydrogens (tertiary/aromatic N) is 1. The summed E-state index contributed by atoms with van der Waals surface area (Å²) in [6.45, 7) is 0. The molecule has 5 heteroatoms. The lowest BCUT2D eigenvalue weighted by Crippen LogP contribution is -2.55. The van der Waals surface area contributed by atoms with Crippen molar-refractivity contribution in [1.82, 2.24) is 10.2 Å². The SMILES string of the molecule is CN(C)C(=O)NC1(C(=O)O)CCCC1. The van der Waals surface area contributed by atoms with Crippen LogP contribution in [0, 0.1) is 0 Å². The van der Waals surface area contributed by atoms with Crippen molar-refractivity contribution in [2.75, 3.05) is 14.1 Å². The number of nitrogens with one attached hydrogen (secondary N) is 1. The molecule has 2 amide bonds. The Hall–Kier alpha value is -1.26. The number of carboxylic acids is 1. The molecule has 5 nitrogen and oxygen atoms in total. The normalized spacial score (nSPS) is 19.0. The lowest BCUT2D eigenvalue weighted by Gasteiger charge is -2.27. The first-order chi connectivity index (χ1) is 6.48. The Labute approximate surface area is 83.1 Å². The van der Waals surface area contributed by atoms with Gasteiger partial charge in [0.05, 0.1) is 0 Å². The van der Waals surface area contributed by atoms with Gasteiger partial charge in [0.15, 0.2) is 0 Å². The molecule has 14 heavy (non-hydrogen) atoms. The van der Waals surface area contributed by atoms with Crippen molar-refractivity contribution < 1.29 is 14.7 Å². The minimum atomic E-state index is -1.03. The van der Waals surface area contributed by atoms with Gasteiger partial charge < -0.3 is 15.3 Å². The van der Waals surface area contributed by atoms with Crippen LogP contribution >= 0.6 is 0 Å². The van der Waals surface area contributed by atoms with E-state index in [0.29, 0.717) is 12.8 Å². The Morgan fingerprint density at radius 1 is 1.29 bits per heavy atom. The van der Waals surface area contributed by atoms with Crippen LogP contribution in [-0.2, 0) is 4.79 Å². The van der Waals surface area contributed by atoms with Crippen molar-refractivity contribution in [3.05, 3.63) is 0 Å². The Kier molecular flexibility index (Phi) is 2.98. The zero-order valence-electron chi connectivity index (χ0n) is 8.54. The maximum Gasteiger partial charge on any atom is 0.329 e. The molecule has 1 fully saturated rings. The van der Waals surface area contributed by atoms with E-state index in [4.69, 9.17) is 5.11 Å². The van der Waals surface area contributed by atoms with Gasteiger partial charge in [-0.1, -0.05) is 12.8 Å². The van der Waals surface area contributed by atoms with E-state index in [0.717, 1.165) is 12.8 Å². The Morgan fingerprint density at radius 2 is 1.79 bits per heavy atom. The molecule has 0 saturated heterocycles. The number of hydrogen-bond acceptors (Lipinski definition) is 2. The number of amides is 2. The topological polar surface area (TPSA) is 69.6 Å². The average molecular weight is 200 g/mol. The molecule has 0 radical (unpaired) electrons. The third kappa shape index (κ3) is 1.97. The molecule has 0 unspecified atom stereocenters. The van der Waals surface area contributed by atoms with E-state index >= 15 is 0 Å². The molecule has 0 bridgehead atoms. The number of carboxylic acid groups (broad SMARTS) is 1. The second kappa shape index (κ2) is 3.86. The van der Waals surface area contributed by atoms with E-state index < -0.39 is 11.5 Å². The summed E-state index contributed by atoms with van der Waals surface area (Å²) in [6, 6.07) is -0.339. The minimum Gasteiger partial charge on any atom is -0.480 e. The first kappa shape index (κ1) is 10.8. The Morgan fingerprint density at radius 3 is 2.14 bits per heavy atom. The molecule has 0 atom stereocenters. The van der Waals surface area contributed by atoms with Gasteiger partial charge >= 0.3 is 12.0 Å². The molecule has 1 saturated carbocycles.